The monoisotopic (exact) mass is 468 g/mol. The summed E-state index contributed by atoms with van der Waals surface area (Å²) in [6, 6.07) is 9.18. The van der Waals surface area contributed by atoms with E-state index in [0.29, 0.717) is 30.2 Å². The summed E-state index contributed by atoms with van der Waals surface area (Å²) in [6.45, 7) is 0. The van der Waals surface area contributed by atoms with Gasteiger partial charge in [0.2, 0.25) is 5.91 Å². The van der Waals surface area contributed by atoms with Crippen molar-refractivity contribution in [2.45, 2.75) is 102 Å². The van der Waals surface area contributed by atoms with E-state index >= 15 is 0 Å². The number of benzene rings is 1. The number of carbonyl (C=O) groups is 3. The van der Waals surface area contributed by atoms with Gasteiger partial charge in [-0.15, -0.1) is 0 Å². The van der Waals surface area contributed by atoms with Crippen LogP contribution in [-0.2, 0) is 9.59 Å². The van der Waals surface area contributed by atoms with E-state index in [9.17, 15) is 14.4 Å². The second-order valence-corrected chi connectivity index (χ2v) is 10.8. The van der Waals surface area contributed by atoms with Gasteiger partial charge in [-0.05, 0) is 49.9 Å². The highest BCUT2D eigenvalue weighted by atomic mass is 16.2. The van der Waals surface area contributed by atoms with Gasteiger partial charge in [-0.25, -0.2) is 0 Å². The molecule has 2 aliphatic carbocycles. The van der Waals surface area contributed by atoms with Crippen molar-refractivity contribution in [3.63, 3.8) is 0 Å². The average molecular weight is 469 g/mol. The molecule has 0 saturated heterocycles. The molecule has 2 fully saturated rings. The van der Waals surface area contributed by atoms with Crippen molar-refractivity contribution in [1.82, 2.24) is 5.32 Å². The average Bonchev–Trinajstić information content (AvgIpc) is 2.89. The normalized spacial score (nSPS) is 23.1. The van der Waals surface area contributed by atoms with Crippen LogP contribution in [0.25, 0.3) is 0 Å². The number of hydrogen-bond acceptors (Lipinski definition) is 4. The molecule has 0 heterocycles. The topological polar surface area (TPSA) is 89.3 Å². The summed E-state index contributed by atoms with van der Waals surface area (Å²) in [7, 11) is 1.69. The van der Waals surface area contributed by atoms with Crippen LogP contribution in [0.1, 0.15) is 107 Å². The molecule has 3 N–H and O–H groups in total. The summed E-state index contributed by atoms with van der Waals surface area (Å²) in [6.07, 6.45) is 14.3. The van der Waals surface area contributed by atoms with Crippen LogP contribution < -0.4 is 11.1 Å². The van der Waals surface area contributed by atoms with Crippen LogP contribution in [0.3, 0.4) is 0 Å². The van der Waals surface area contributed by atoms with Crippen LogP contribution in [0, 0.1) is 17.8 Å². The summed E-state index contributed by atoms with van der Waals surface area (Å²) < 4.78 is 0. The molecule has 0 unspecified atom stereocenters. The predicted molar refractivity (Wildman–Crippen MR) is 136 cm³/mol. The van der Waals surface area contributed by atoms with E-state index in [1.165, 1.54) is 32.1 Å². The molecule has 188 valence electrons. The van der Waals surface area contributed by atoms with Crippen molar-refractivity contribution in [1.29, 1.82) is 0 Å². The highest BCUT2D eigenvalue weighted by Gasteiger charge is 2.43. The Morgan fingerprint density at radius 3 is 2.29 bits per heavy atom. The molecule has 5 nitrogen and oxygen atoms in total. The lowest BCUT2D eigenvalue weighted by atomic mass is 9.67. The fourth-order valence-electron chi connectivity index (χ4n) is 6.19. The third kappa shape index (κ3) is 7.49. The van der Waals surface area contributed by atoms with E-state index in [0.717, 1.165) is 44.9 Å². The molecule has 0 spiro atoms. The zero-order valence-electron chi connectivity index (χ0n) is 21.0. The molecule has 1 aromatic carbocycles. The highest BCUT2D eigenvalue weighted by Crippen LogP contribution is 2.40. The van der Waals surface area contributed by atoms with Crippen molar-refractivity contribution in [3.05, 3.63) is 35.9 Å². The summed E-state index contributed by atoms with van der Waals surface area (Å²) in [5.74, 6) is 1.47. The minimum atomic E-state index is -0.809. The third-order valence-corrected chi connectivity index (χ3v) is 8.41. The largest absolute Gasteiger partial charge is 0.358 e. The second-order valence-electron chi connectivity index (χ2n) is 10.8. The summed E-state index contributed by atoms with van der Waals surface area (Å²) in [5, 5.41) is 2.85. The van der Waals surface area contributed by atoms with Gasteiger partial charge in [-0.3, -0.25) is 14.4 Å². The van der Waals surface area contributed by atoms with Gasteiger partial charge in [0.15, 0.2) is 5.78 Å². The molecule has 0 radical (unpaired) electrons. The van der Waals surface area contributed by atoms with E-state index in [4.69, 9.17) is 5.73 Å². The quantitative estimate of drug-likeness (QED) is 0.390. The maximum atomic E-state index is 12.9. The first-order valence-electron chi connectivity index (χ1n) is 13.5. The van der Waals surface area contributed by atoms with Crippen molar-refractivity contribution in [3.8, 4) is 0 Å². The van der Waals surface area contributed by atoms with Crippen molar-refractivity contribution < 1.29 is 14.4 Å². The molecule has 0 aromatic heterocycles. The van der Waals surface area contributed by atoms with Crippen LogP contribution in [-0.4, -0.2) is 30.1 Å². The van der Waals surface area contributed by atoms with Gasteiger partial charge < -0.3 is 11.1 Å². The minimum absolute atomic E-state index is 0.0236. The highest BCUT2D eigenvalue weighted by molar-refractivity contribution is 5.98. The lowest BCUT2D eigenvalue weighted by molar-refractivity contribution is -0.129. The maximum absolute atomic E-state index is 12.9. The summed E-state index contributed by atoms with van der Waals surface area (Å²) >= 11 is 0. The zero-order chi connectivity index (χ0) is 24.4. The molecule has 0 bridgehead atoms. The first-order chi connectivity index (χ1) is 16.4. The Labute approximate surface area is 205 Å². The van der Waals surface area contributed by atoms with E-state index in [1.807, 2.05) is 18.2 Å². The van der Waals surface area contributed by atoms with E-state index in [-0.39, 0.29) is 29.8 Å². The van der Waals surface area contributed by atoms with Gasteiger partial charge in [-0.2, -0.15) is 0 Å². The Bertz CT molecular complexity index is 803. The fraction of sp³-hybridized carbons (Fsp3) is 0.690. The Balaban J connectivity index is 1.48. The van der Waals surface area contributed by atoms with Crippen LogP contribution >= 0.6 is 0 Å². The Kier molecular flexibility index (Phi) is 10.3. The molecule has 1 amide bonds. The van der Waals surface area contributed by atoms with Gasteiger partial charge in [0.25, 0.3) is 0 Å². The number of ketones is 2. The van der Waals surface area contributed by atoms with Crippen molar-refractivity contribution in [2.24, 2.45) is 23.5 Å². The number of likely N-dealkylation sites (N-methyl/N-ethyl adjacent to an activating group) is 1. The molecular formula is C29H44N2O3. The maximum Gasteiger partial charge on any atom is 0.240 e. The fourth-order valence-corrected chi connectivity index (χ4v) is 6.19. The first kappa shape index (κ1) is 26.6. The minimum Gasteiger partial charge on any atom is -0.358 e. The van der Waals surface area contributed by atoms with Crippen LogP contribution in [0.2, 0.25) is 0 Å². The molecule has 5 heteroatoms. The van der Waals surface area contributed by atoms with Gasteiger partial charge >= 0.3 is 0 Å². The van der Waals surface area contributed by atoms with Gasteiger partial charge in [0, 0.05) is 31.9 Å². The van der Waals surface area contributed by atoms with E-state index < -0.39 is 5.54 Å². The molecule has 34 heavy (non-hydrogen) atoms. The summed E-state index contributed by atoms with van der Waals surface area (Å²) in [5.41, 5.74) is 6.75. The molecule has 0 aliphatic heterocycles. The zero-order valence-corrected chi connectivity index (χ0v) is 21.0. The first-order valence-corrected chi connectivity index (χ1v) is 13.5. The number of amides is 1. The predicted octanol–water partition coefficient (Wildman–Crippen LogP) is 5.61. The molecule has 2 aliphatic rings. The lowest BCUT2D eigenvalue weighted by Gasteiger charge is -2.41. The van der Waals surface area contributed by atoms with Crippen LogP contribution in [0.5, 0.6) is 0 Å². The Morgan fingerprint density at radius 2 is 1.59 bits per heavy atom. The van der Waals surface area contributed by atoms with Gasteiger partial charge in [-0.1, -0.05) is 75.3 Å². The molecule has 2 saturated carbocycles. The second kappa shape index (κ2) is 13.2. The lowest BCUT2D eigenvalue weighted by Crippen LogP contribution is -2.59. The van der Waals surface area contributed by atoms with Crippen molar-refractivity contribution >= 4 is 17.5 Å². The van der Waals surface area contributed by atoms with Gasteiger partial charge in [0.05, 0.1) is 5.54 Å². The molecule has 3 rings (SSSR count). The number of rotatable bonds is 12. The van der Waals surface area contributed by atoms with Gasteiger partial charge in [0.1, 0.15) is 5.78 Å². The smallest absolute Gasteiger partial charge is 0.240 e. The van der Waals surface area contributed by atoms with Crippen molar-refractivity contribution in [2.75, 3.05) is 7.05 Å². The molecule has 3 atom stereocenters. The summed E-state index contributed by atoms with van der Waals surface area (Å²) in [4.78, 5) is 37.7. The van der Waals surface area contributed by atoms with Crippen LogP contribution in [0.4, 0.5) is 0 Å². The number of nitrogens with two attached hydrogens (primary N) is 1. The number of Topliss-reactive ketones (excluding diaryl/α,β-unsaturated/α-hetero) is 2. The third-order valence-electron chi connectivity index (χ3n) is 8.41. The number of nitrogens with one attached hydrogen (secondary N) is 1. The standard InChI is InChI=1S/C29H44N2O3/c1-31-28(34)29(30,20-19-22-9-4-2-5-10-22)25-14-8-11-23(21-25)15-16-26(32)17-18-27(33)24-12-6-3-7-13-24/h3,6-7,12-13,22-23,25H,2,4-5,8-11,14-21,30H2,1H3,(H,31,34)/t23-,25-,29+/m0/s1. The van der Waals surface area contributed by atoms with E-state index in [1.54, 1.807) is 19.2 Å². The number of carbonyl (C=O) groups excluding carboxylic acids is 3. The van der Waals surface area contributed by atoms with E-state index in [2.05, 4.69) is 5.32 Å². The number of hydrogen-bond donors (Lipinski definition) is 2. The Morgan fingerprint density at radius 1 is 0.882 bits per heavy atom. The van der Waals surface area contributed by atoms with Crippen LogP contribution in [0.15, 0.2) is 30.3 Å². The molecular weight excluding hydrogens is 424 g/mol. The molecule has 1 aromatic rings. The Hall–Kier alpha value is -2.01. The SMILES string of the molecule is CNC(=O)[C@@](N)(CCC1CCCCC1)[C@H]1CCC[C@@H](CCC(=O)CCC(=O)c2ccccc2)C1.